The summed E-state index contributed by atoms with van der Waals surface area (Å²) in [5.74, 6) is 1.08. The third kappa shape index (κ3) is 2.19. The zero-order valence-corrected chi connectivity index (χ0v) is 11.2. The van der Waals surface area contributed by atoms with Crippen molar-refractivity contribution in [1.82, 2.24) is 9.55 Å². The molecule has 96 valence electrons. The molecule has 0 saturated heterocycles. The van der Waals surface area contributed by atoms with E-state index in [4.69, 9.17) is 4.98 Å². The Labute approximate surface area is 113 Å². The van der Waals surface area contributed by atoms with E-state index in [1.165, 1.54) is 11.2 Å². The number of benzene rings is 2. The SMILES string of the molecule is CN(Cc1nc2ccccc2n1C)c1ccccc1. The number of rotatable bonds is 3. The molecule has 3 nitrogen and oxygen atoms in total. The van der Waals surface area contributed by atoms with Gasteiger partial charge in [-0.3, -0.25) is 0 Å². The Hall–Kier alpha value is -2.29. The highest BCUT2D eigenvalue weighted by atomic mass is 15.2. The number of nitrogens with zero attached hydrogens (tertiary/aromatic N) is 3. The predicted molar refractivity (Wildman–Crippen MR) is 79.3 cm³/mol. The zero-order chi connectivity index (χ0) is 13.2. The molecule has 1 aromatic heterocycles. The van der Waals surface area contributed by atoms with Crippen molar-refractivity contribution in [3.63, 3.8) is 0 Å². The molecule has 0 aliphatic rings. The van der Waals surface area contributed by atoms with Gasteiger partial charge in [0.15, 0.2) is 0 Å². The lowest BCUT2D eigenvalue weighted by Crippen LogP contribution is -2.18. The molecule has 0 N–H and O–H groups in total. The predicted octanol–water partition coefficient (Wildman–Crippen LogP) is 3.21. The van der Waals surface area contributed by atoms with E-state index >= 15 is 0 Å². The van der Waals surface area contributed by atoms with Crippen LogP contribution in [0.5, 0.6) is 0 Å². The average Bonchev–Trinajstić information content (AvgIpc) is 2.77. The number of aromatic nitrogens is 2. The minimum Gasteiger partial charge on any atom is -0.367 e. The number of fused-ring (bicyclic) bond motifs is 1. The van der Waals surface area contributed by atoms with Crippen LogP contribution in [0.2, 0.25) is 0 Å². The van der Waals surface area contributed by atoms with Gasteiger partial charge in [-0.15, -0.1) is 0 Å². The molecule has 2 aromatic carbocycles. The highest BCUT2D eigenvalue weighted by molar-refractivity contribution is 5.75. The maximum Gasteiger partial charge on any atom is 0.129 e. The molecule has 0 saturated carbocycles. The second-order valence-electron chi connectivity index (χ2n) is 4.77. The van der Waals surface area contributed by atoms with Crippen LogP contribution < -0.4 is 4.90 Å². The minimum absolute atomic E-state index is 0.801. The molecule has 0 fully saturated rings. The highest BCUT2D eigenvalue weighted by Gasteiger charge is 2.09. The van der Waals surface area contributed by atoms with Gasteiger partial charge in [0.2, 0.25) is 0 Å². The lowest BCUT2D eigenvalue weighted by atomic mass is 10.3. The van der Waals surface area contributed by atoms with Gasteiger partial charge in [-0.05, 0) is 24.3 Å². The van der Waals surface area contributed by atoms with Gasteiger partial charge in [0, 0.05) is 19.8 Å². The quantitative estimate of drug-likeness (QED) is 0.712. The molecule has 3 aromatic rings. The maximum atomic E-state index is 4.70. The summed E-state index contributed by atoms with van der Waals surface area (Å²) in [6.45, 7) is 0.801. The molecule has 3 rings (SSSR count). The van der Waals surface area contributed by atoms with Gasteiger partial charge in [-0.2, -0.15) is 0 Å². The molecule has 0 unspecified atom stereocenters. The van der Waals surface area contributed by atoms with Crippen molar-refractivity contribution in [2.45, 2.75) is 6.54 Å². The Morgan fingerprint density at radius 3 is 2.42 bits per heavy atom. The van der Waals surface area contributed by atoms with Crippen LogP contribution in [0.1, 0.15) is 5.82 Å². The molecule has 0 atom stereocenters. The van der Waals surface area contributed by atoms with E-state index in [1.54, 1.807) is 0 Å². The zero-order valence-electron chi connectivity index (χ0n) is 11.2. The van der Waals surface area contributed by atoms with Crippen LogP contribution >= 0.6 is 0 Å². The standard InChI is InChI=1S/C16H17N3/c1-18(13-8-4-3-5-9-13)12-16-17-14-10-6-7-11-15(14)19(16)2/h3-11H,12H2,1-2H3. The summed E-state index contributed by atoms with van der Waals surface area (Å²) in [7, 11) is 4.16. The van der Waals surface area contributed by atoms with Gasteiger partial charge >= 0.3 is 0 Å². The Morgan fingerprint density at radius 2 is 1.68 bits per heavy atom. The van der Waals surface area contributed by atoms with Crippen LogP contribution in [0, 0.1) is 0 Å². The van der Waals surface area contributed by atoms with Gasteiger partial charge in [-0.25, -0.2) is 4.98 Å². The Bertz CT molecular complexity index is 686. The van der Waals surface area contributed by atoms with Crippen LogP contribution in [-0.4, -0.2) is 16.6 Å². The summed E-state index contributed by atoms with van der Waals surface area (Å²) in [6.07, 6.45) is 0. The number of imidazole rings is 1. The summed E-state index contributed by atoms with van der Waals surface area (Å²) in [6, 6.07) is 18.6. The average molecular weight is 251 g/mol. The highest BCUT2D eigenvalue weighted by Crippen LogP contribution is 2.18. The van der Waals surface area contributed by atoms with E-state index in [9.17, 15) is 0 Å². The topological polar surface area (TPSA) is 21.1 Å². The van der Waals surface area contributed by atoms with Crippen molar-refractivity contribution in [3.05, 3.63) is 60.4 Å². The fourth-order valence-electron chi connectivity index (χ4n) is 2.32. The molecule has 0 spiro atoms. The van der Waals surface area contributed by atoms with Crippen molar-refractivity contribution in [3.8, 4) is 0 Å². The molecule has 0 amide bonds. The van der Waals surface area contributed by atoms with Gasteiger partial charge in [0.1, 0.15) is 5.82 Å². The van der Waals surface area contributed by atoms with Crippen molar-refractivity contribution < 1.29 is 0 Å². The molecule has 0 bridgehead atoms. The largest absolute Gasteiger partial charge is 0.367 e. The third-order valence-electron chi connectivity index (χ3n) is 3.46. The lowest BCUT2D eigenvalue weighted by Gasteiger charge is -2.18. The Balaban J connectivity index is 1.91. The minimum atomic E-state index is 0.801. The number of hydrogen-bond donors (Lipinski definition) is 0. The van der Waals surface area contributed by atoms with Gasteiger partial charge < -0.3 is 9.47 Å². The van der Waals surface area contributed by atoms with Crippen molar-refractivity contribution in [1.29, 1.82) is 0 Å². The first-order chi connectivity index (χ1) is 9.25. The van der Waals surface area contributed by atoms with Crippen molar-refractivity contribution in [2.75, 3.05) is 11.9 Å². The summed E-state index contributed by atoms with van der Waals surface area (Å²) < 4.78 is 2.16. The molecule has 19 heavy (non-hydrogen) atoms. The first-order valence-corrected chi connectivity index (χ1v) is 6.42. The summed E-state index contributed by atoms with van der Waals surface area (Å²) >= 11 is 0. The van der Waals surface area contributed by atoms with Crippen LogP contribution in [0.15, 0.2) is 54.6 Å². The van der Waals surface area contributed by atoms with E-state index in [2.05, 4.69) is 66.0 Å². The number of hydrogen-bond acceptors (Lipinski definition) is 2. The van der Waals surface area contributed by atoms with E-state index in [1.807, 2.05) is 12.1 Å². The van der Waals surface area contributed by atoms with E-state index in [-0.39, 0.29) is 0 Å². The summed E-state index contributed by atoms with van der Waals surface area (Å²) in [5, 5.41) is 0. The van der Waals surface area contributed by atoms with Gasteiger partial charge in [-0.1, -0.05) is 30.3 Å². The fourth-order valence-corrected chi connectivity index (χ4v) is 2.32. The lowest BCUT2D eigenvalue weighted by molar-refractivity contribution is 0.776. The van der Waals surface area contributed by atoms with Crippen LogP contribution in [0.3, 0.4) is 0 Å². The first-order valence-electron chi connectivity index (χ1n) is 6.42. The summed E-state index contributed by atoms with van der Waals surface area (Å²) in [4.78, 5) is 6.91. The van der Waals surface area contributed by atoms with Gasteiger partial charge in [0.25, 0.3) is 0 Å². The smallest absolute Gasteiger partial charge is 0.129 e. The Morgan fingerprint density at radius 1 is 1.00 bits per heavy atom. The molecular formula is C16H17N3. The monoisotopic (exact) mass is 251 g/mol. The van der Waals surface area contributed by atoms with E-state index in [0.717, 1.165) is 17.9 Å². The fraction of sp³-hybridized carbons (Fsp3) is 0.188. The van der Waals surface area contributed by atoms with Crippen molar-refractivity contribution in [2.24, 2.45) is 7.05 Å². The first kappa shape index (κ1) is 11.8. The van der Waals surface area contributed by atoms with E-state index in [0.29, 0.717) is 0 Å². The molecule has 0 aliphatic heterocycles. The van der Waals surface area contributed by atoms with E-state index < -0.39 is 0 Å². The van der Waals surface area contributed by atoms with Crippen LogP contribution in [0.25, 0.3) is 11.0 Å². The van der Waals surface area contributed by atoms with Crippen LogP contribution in [-0.2, 0) is 13.6 Å². The second-order valence-corrected chi connectivity index (χ2v) is 4.77. The van der Waals surface area contributed by atoms with Crippen LogP contribution in [0.4, 0.5) is 5.69 Å². The van der Waals surface area contributed by atoms with Crippen molar-refractivity contribution >= 4 is 16.7 Å². The number of anilines is 1. The number of para-hydroxylation sites is 3. The summed E-state index contributed by atoms with van der Waals surface area (Å²) in [5.41, 5.74) is 3.44. The molecule has 0 radical (unpaired) electrons. The normalized spacial score (nSPS) is 10.8. The van der Waals surface area contributed by atoms with Gasteiger partial charge in [0.05, 0.1) is 17.6 Å². The third-order valence-corrected chi connectivity index (χ3v) is 3.46. The molecule has 0 aliphatic carbocycles. The molecule has 1 heterocycles. The molecular weight excluding hydrogens is 234 g/mol. The number of aryl methyl sites for hydroxylation is 1. The maximum absolute atomic E-state index is 4.70. The second kappa shape index (κ2) is 4.76. The molecule has 3 heteroatoms. The Kier molecular flexibility index (Phi) is 2.95.